The van der Waals surface area contributed by atoms with Crippen molar-refractivity contribution in [3.05, 3.63) is 71.8 Å². The van der Waals surface area contributed by atoms with Gasteiger partial charge in [-0.1, -0.05) is 55.0 Å². The van der Waals surface area contributed by atoms with Crippen molar-refractivity contribution >= 4 is 5.97 Å². The van der Waals surface area contributed by atoms with E-state index >= 15 is 0 Å². The fourth-order valence-electron chi connectivity index (χ4n) is 3.10. The van der Waals surface area contributed by atoms with Crippen LogP contribution in [0.25, 0.3) is 0 Å². The van der Waals surface area contributed by atoms with E-state index in [1.54, 1.807) is 0 Å². The lowest BCUT2D eigenvalue weighted by molar-refractivity contribution is 0.0142. The van der Waals surface area contributed by atoms with Gasteiger partial charge in [0.1, 0.15) is 6.10 Å². The summed E-state index contributed by atoms with van der Waals surface area (Å²) in [6.45, 7) is 0. The third-order valence-electron chi connectivity index (χ3n) is 4.20. The smallest absolute Gasteiger partial charge is 0.338 e. The van der Waals surface area contributed by atoms with E-state index in [9.17, 15) is 4.79 Å². The normalized spacial score (nSPS) is 21.7. The van der Waals surface area contributed by atoms with Gasteiger partial charge >= 0.3 is 5.97 Å². The second-order valence-electron chi connectivity index (χ2n) is 5.61. The molecule has 1 aliphatic carbocycles. The van der Waals surface area contributed by atoms with Crippen molar-refractivity contribution in [2.45, 2.75) is 37.7 Å². The van der Waals surface area contributed by atoms with Gasteiger partial charge in [0.05, 0.1) is 5.56 Å². The van der Waals surface area contributed by atoms with Crippen LogP contribution in [-0.2, 0) is 4.74 Å². The van der Waals surface area contributed by atoms with Gasteiger partial charge in [0.25, 0.3) is 0 Å². The van der Waals surface area contributed by atoms with E-state index in [1.807, 2.05) is 36.4 Å². The molecule has 0 unspecified atom stereocenters. The molecule has 0 radical (unpaired) electrons. The van der Waals surface area contributed by atoms with Crippen LogP contribution in [0.3, 0.4) is 0 Å². The molecule has 21 heavy (non-hydrogen) atoms. The average Bonchev–Trinajstić information content (AvgIpc) is 2.57. The first-order valence-electron chi connectivity index (χ1n) is 7.65. The van der Waals surface area contributed by atoms with E-state index in [0.29, 0.717) is 11.5 Å². The Morgan fingerprint density at radius 2 is 1.48 bits per heavy atom. The van der Waals surface area contributed by atoms with Crippen molar-refractivity contribution in [3.63, 3.8) is 0 Å². The van der Waals surface area contributed by atoms with Crippen LogP contribution < -0.4 is 0 Å². The van der Waals surface area contributed by atoms with E-state index in [2.05, 4.69) is 24.3 Å². The number of carbonyl (C=O) groups excluding carboxylic acids is 1. The monoisotopic (exact) mass is 280 g/mol. The summed E-state index contributed by atoms with van der Waals surface area (Å²) in [5.41, 5.74) is 1.91. The summed E-state index contributed by atoms with van der Waals surface area (Å²) in [4.78, 5) is 12.3. The second-order valence-corrected chi connectivity index (χ2v) is 5.61. The van der Waals surface area contributed by atoms with Crippen molar-refractivity contribution in [3.8, 4) is 0 Å². The van der Waals surface area contributed by atoms with E-state index in [0.717, 1.165) is 19.3 Å². The highest BCUT2D eigenvalue weighted by Crippen LogP contribution is 2.35. The molecule has 2 aromatic rings. The third kappa shape index (κ3) is 3.33. The first-order chi connectivity index (χ1) is 10.3. The Bertz CT molecular complexity index is 577. The lowest BCUT2D eigenvalue weighted by Gasteiger charge is -2.31. The number of benzene rings is 2. The summed E-state index contributed by atoms with van der Waals surface area (Å²) in [5, 5.41) is 0. The van der Waals surface area contributed by atoms with Gasteiger partial charge < -0.3 is 4.74 Å². The first-order valence-corrected chi connectivity index (χ1v) is 7.65. The highest BCUT2D eigenvalue weighted by molar-refractivity contribution is 5.89. The standard InChI is InChI=1S/C19H20O2/c20-19(16-11-5-2-6-12-16)21-18-14-8-7-13-17(18)15-9-3-1-4-10-15/h1-6,9-12,17-18H,7-8,13-14H2/t17-,18-/m1/s1. The molecule has 0 aromatic heterocycles. The van der Waals surface area contributed by atoms with Gasteiger partial charge in [-0.15, -0.1) is 0 Å². The van der Waals surface area contributed by atoms with Crippen LogP contribution in [0, 0.1) is 0 Å². The van der Waals surface area contributed by atoms with Crippen LogP contribution in [0.4, 0.5) is 0 Å². The highest BCUT2D eigenvalue weighted by Gasteiger charge is 2.29. The fourth-order valence-corrected chi connectivity index (χ4v) is 3.10. The molecule has 3 rings (SSSR count). The fraction of sp³-hybridized carbons (Fsp3) is 0.316. The molecule has 108 valence electrons. The summed E-state index contributed by atoms with van der Waals surface area (Å²) in [5.74, 6) is 0.121. The number of esters is 1. The molecule has 0 amide bonds. The molecular formula is C19H20O2. The molecule has 0 aliphatic heterocycles. The number of rotatable bonds is 3. The van der Waals surface area contributed by atoms with Crippen LogP contribution in [-0.4, -0.2) is 12.1 Å². The van der Waals surface area contributed by atoms with Gasteiger partial charge in [-0.05, 0) is 37.0 Å². The van der Waals surface area contributed by atoms with E-state index in [1.165, 1.54) is 12.0 Å². The van der Waals surface area contributed by atoms with Crippen molar-refractivity contribution in [2.75, 3.05) is 0 Å². The Morgan fingerprint density at radius 3 is 2.19 bits per heavy atom. The summed E-state index contributed by atoms with van der Waals surface area (Å²) >= 11 is 0. The number of carbonyl (C=O) groups is 1. The summed E-state index contributed by atoms with van der Waals surface area (Å²) < 4.78 is 5.81. The van der Waals surface area contributed by atoms with Crippen LogP contribution in [0.15, 0.2) is 60.7 Å². The maximum atomic E-state index is 12.3. The van der Waals surface area contributed by atoms with Crippen LogP contribution >= 0.6 is 0 Å². The summed E-state index contributed by atoms with van der Waals surface area (Å²) in [6.07, 6.45) is 4.39. The van der Waals surface area contributed by atoms with Gasteiger partial charge in [0.15, 0.2) is 0 Å². The maximum absolute atomic E-state index is 12.3. The molecule has 0 N–H and O–H groups in total. The maximum Gasteiger partial charge on any atom is 0.338 e. The molecule has 1 saturated carbocycles. The molecular weight excluding hydrogens is 260 g/mol. The zero-order valence-corrected chi connectivity index (χ0v) is 12.1. The predicted octanol–water partition coefficient (Wildman–Crippen LogP) is 4.57. The quantitative estimate of drug-likeness (QED) is 0.770. The van der Waals surface area contributed by atoms with Gasteiger partial charge in [0, 0.05) is 5.92 Å². The van der Waals surface area contributed by atoms with E-state index in [-0.39, 0.29) is 12.1 Å². The SMILES string of the molecule is O=C(O[C@@H]1CCCC[C@@H]1c1ccccc1)c1ccccc1. The molecule has 0 spiro atoms. The molecule has 2 nitrogen and oxygen atoms in total. The van der Waals surface area contributed by atoms with Crippen molar-refractivity contribution < 1.29 is 9.53 Å². The molecule has 0 heterocycles. The first kappa shape index (κ1) is 13.9. The molecule has 0 bridgehead atoms. The van der Waals surface area contributed by atoms with Gasteiger partial charge in [0.2, 0.25) is 0 Å². The minimum atomic E-state index is -0.205. The number of hydrogen-bond donors (Lipinski definition) is 0. The van der Waals surface area contributed by atoms with E-state index in [4.69, 9.17) is 4.74 Å². The van der Waals surface area contributed by atoms with Crippen molar-refractivity contribution in [2.24, 2.45) is 0 Å². The molecule has 2 heteroatoms. The predicted molar refractivity (Wildman–Crippen MR) is 83.3 cm³/mol. The van der Waals surface area contributed by atoms with E-state index < -0.39 is 0 Å². The second kappa shape index (κ2) is 6.57. The Kier molecular flexibility index (Phi) is 4.34. The summed E-state index contributed by atoms with van der Waals surface area (Å²) in [7, 11) is 0. The zero-order valence-electron chi connectivity index (χ0n) is 12.1. The number of hydrogen-bond acceptors (Lipinski definition) is 2. The Hall–Kier alpha value is -2.09. The van der Waals surface area contributed by atoms with Gasteiger partial charge in [-0.2, -0.15) is 0 Å². The molecule has 1 aliphatic rings. The van der Waals surface area contributed by atoms with Gasteiger partial charge in [-0.25, -0.2) is 4.79 Å². The minimum absolute atomic E-state index is 0.00569. The molecule has 2 atom stereocenters. The van der Waals surface area contributed by atoms with Crippen molar-refractivity contribution in [1.82, 2.24) is 0 Å². The highest BCUT2D eigenvalue weighted by atomic mass is 16.5. The topological polar surface area (TPSA) is 26.3 Å². The van der Waals surface area contributed by atoms with Crippen LogP contribution in [0.1, 0.15) is 47.5 Å². The molecule has 2 aromatic carbocycles. The molecule has 1 fully saturated rings. The lowest BCUT2D eigenvalue weighted by Crippen LogP contribution is -2.28. The lowest BCUT2D eigenvalue weighted by atomic mass is 9.81. The Morgan fingerprint density at radius 1 is 0.857 bits per heavy atom. The third-order valence-corrected chi connectivity index (χ3v) is 4.20. The van der Waals surface area contributed by atoms with Gasteiger partial charge in [-0.3, -0.25) is 0 Å². The Labute approximate surface area is 125 Å². The molecule has 0 saturated heterocycles. The zero-order chi connectivity index (χ0) is 14.5. The minimum Gasteiger partial charge on any atom is -0.458 e. The largest absolute Gasteiger partial charge is 0.458 e. The Balaban J connectivity index is 1.75. The van der Waals surface area contributed by atoms with Crippen LogP contribution in [0.2, 0.25) is 0 Å². The van der Waals surface area contributed by atoms with Crippen molar-refractivity contribution in [1.29, 1.82) is 0 Å². The van der Waals surface area contributed by atoms with Crippen LogP contribution in [0.5, 0.6) is 0 Å². The average molecular weight is 280 g/mol. The summed E-state index contributed by atoms with van der Waals surface area (Å²) in [6, 6.07) is 19.7. The number of ether oxygens (including phenoxy) is 1.